The molecule has 1 aliphatic rings. The molecular weight excluding hydrogens is 361 g/mol. The lowest BCUT2D eigenvalue weighted by Crippen LogP contribution is -2.37. The van der Waals surface area contributed by atoms with E-state index in [1.807, 2.05) is 24.3 Å². The molecule has 2 aromatic rings. The van der Waals surface area contributed by atoms with Crippen molar-refractivity contribution in [1.29, 1.82) is 0 Å². The summed E-state index contributed by atoms with van der Waals surface area (Å²) in [7, 11) is 0. The first-order chi connectivity index (χ1) is 11.3. The molecule has 25 heavy (non-hydrogen) atoms. The third-order valence-electron chi connectivity index (χ3n) is 3.90. The molecule has 0 aliphatic carbocycles. The smallest absolute Gasteiger partial charge is 0.251 e. The van der Waals surface area contributed by atoms with E-state index in [4.69, 9.17) is 4.74 Å². The zero-order valence-corrected chi connectivity index (χ0v) is 15.4. The van der Waals surface area contributed by atoms with Crippen molar-refractivity contribution in [3.63, 3.8) is 0 Å². The van der Waals surface area contributed by atoms with Crippen LogP contribution in [0.4, 0.5) is 0 Å². The summed E-state index contributed by atoms with van der Waals surface area (Å²) in [6.07, 6.45) is 5.80. The minimum absolute atomic E-state index is 0. The fraction of sp³-hybridized carbons (Fsp3) is 0.333. The Morgan fingerprint density at radius 1 is 1.28 bits per heavy atom. The number of carbonyl (C=O) groups excluding carboxylic acids is 1. The number of pyridine rings is 1. The van der Waals surface area contributed by atoms with E-state index in [-0.39, 0.29) is 30.7 Å². The average molecular weight is 384 g/mol. The largest absolute Gasteiger partial charge is 0.489 e. The second-order valence-corrected chi connectivity index (χ2v) is 5.68. The number of nitrogens with one attached hydrogen (secondary N) is 2. The van der Waals surface area contributed by atoms with E-state index in [1.54, 1.807) is 24.5 Å². The van der Waals surface area contributed by atoms with E-state index in [1.165, 1.54) is 6.42 Å². The van der Waals surface area contributed by atoms with Gasteiger partial charge in [-0.25, -0.2) is 0 Å². The molecule has 0 radical (unpaired) electrons. The lowest BCUT2D eigenvalue weighted by Gasteiger charge is -2.12. The van der Waals surface area contributed by atoms with Crippen LogP contribution in [0, 0.1) is 0 Å². The summed E-state index contributed by atoms with van der Waals surface area (Å²) in [5.74, 6) is 0.617. The molecule has 0 bridgehead atoms. The Labute approximate surface area is 160 Å². The first-order valence-electron chi connectivity index (χ1n) is 7.94. The van der Waals surface area contributed by atoms with Crippen LogP contribution in [-0.4, -0.2) is 30.0 Å². The lowest BCUT2D eigenvalue weighted by molar-refractivity contribution is 0.0950. The summed E-state index contributed by atoms with van der Waals surface area (Å²) < 4.78 is 5.73. The summed E-state index contributed by atoms with van der Waals surface area (Å²) in [6, 6.07) is 11.5. The maximum Gasteiger partial charge on any atom is 0.251 e. The van der Waals surface area contributed by atoms with E-state index in [9.17, 15) is 4.79 Å². The van der Waals surface area contributed by atoms with Crippen LogP contribution in [0.5, 0.6) is 5.75 Å². The van der Waals surface area contributed by atoms with Crippen molar-refractivity contribution < 1.29 is 9.53 Å². The number of ether oxygens (including phenoxy) is 1. The van der Waals surface area contributed by atoms with Gasteiger partial charge in [-0.3, -0.25) is 9.78 Å². The summed E-state index contributed by atoms with van der Waals surface area (Å²) in [5, 5.41) is 6.34. The molecule has 1 saturated heterocycles. The Morgan fingerprint density at radius 3 is 2.88 bits per heavy atom. The molecule has 5 nitrogen and oxygen atoms in total. The molecule has 1 amide bonds. The molecule has 3 rings (SSSR count). The Kier molecular flexibility index (Phi) is 9.27. The minimum Gasteiger partial charge on any atom is -0.489 e. The maximum atomic E-state index is 12.2. The van der Waals surface area contributed by atoms with Crippen molar-refractivity contribution in [3.05, 3.63) is 59.9 Å². The third-order valence-corrected chi connectivity index (χ3v) is 3.90. The highest BCUT2D eigenvalue weighted by Crippen LogP contribution is 2.15. The predicted octanol–water partition coefficient (Wildman–Crippen LogP) is 2.99. The van der Waals surface area contributed by atoms with Crippen LogP contribution in [0.25, 0.3) is 0 Å². The van der Waals surface area contributed by atoms with Gasteiger partial charge in [0.05, 0.1) is 0 Å². The molecule has 7 heteroatoms. The number of aromatic nitrogens is 1. The highest BCUT2D eigenvalue weighted by atomic mass is 35.5. The molecule has 1 aliphatic heterocycles. The van der Waals surface area contributed by atoms with Gasteiger partial charge >= 0.3 is 0 Å². The number of hydrogen-bond donors (Lipinski definition) is 2. The number of carbonyl (C=O) groups is 1. The number of benzene rings is 1. The number of nitrogens with zero attached hydrogens (tertiary/aromatic N) is 1. The molecule has 1 aromatic heterocycles. The highest BCUT2D eigenvalue weighted by molar-refractivity contribution is 5.94. The van der Waals surface area contributed by atoms with Gasteiger partial charge in [-0.1, -0.05) is 12.1 Å². The van der Waals surface area contributed by atoms with Crippen molar-refractivity contribution in [2.45, 2.75) is 25.5 Å². The van der Waals surface area contributed by atoms with Gasteiger partial charge in [-0.15, -0.1) is 24.8 Å². The van der Waals surface area contributed by atoms with Gasteiger partial charge in [-0.05, 0) is 43.7 Å². The average Bonchev–Trinajstić information content (AvgIpc) is 3.12. The van der Waals surface area contributed by atoms with Crippen LogP contribution in [-0.2, 0) is 6.61 Å². The lowest BCUT2D eigenvalue weighted by atomic mass is 10.2. The van der Waals surface area contributed by atoms with E-state index < -0.39 is 0 Å². The number of rotatable bonds is 6. The van der Waals surface area contributed by atoms with Crippen molar-refractivity contribution in [2.24, 2.45) is 0 Å². The standard InChI is InChI=1S/C18H21N3O2.2ClH/c22-18(21-12-16-6-3-9-20-16)15-5-1-7-17(10-15)23-13-14-4-2-8-19-11-14;;/h1-2,4-5,7-8,10-11,16,20H,3,6,9,12-13H2,(H,21,22);2*1H. The van der Waals surface area contributed by atoms with Crippen LogP contribution in [0.2, 0.25) is 0 Å². The molecule has 136 valence electrons. The van der Waals surface area contributed by atoms with E-state index in [2.05, 4.69) is 15.6 Å². The van der Waals surface area contributed by atoms with Gasteiger partial charge in [0, 0.05) is 36.1 Å². The number of amides is 1. The molecular formula is C18H23Cl2N3O2. The second-order valence-electron chi connectivity index (χ2n) is 5.68. The molecule has 2 N–H and O–H groups in total. The van der Waals surface area contributed by atoms with Crippen LogP contribution in [0.3, 0.4) is 0 Å². The van der Waals surface area contributed by atoms with Gasteiger partial charge in [0.1, 0.15) is 12.4 Å². The Bertz CT molecular complexity index is 650. The SMILES string of the molecule is Cl.Cl.O=C(NCC1CCCN1)c1cccc(OCc2cccnc2)c1. The van der Waals surface area contributed by atoms with E-state index in [0.717, 1.165) is 18.5 Å². The molecule has 1 fully saturated rings. The maximum absolute atomic E-state index is 12.2. The van der Waals surface area contributed by atoms with E-state index in [0.29, 0.717) is 30.5 Å². The Hall–Kier alpha value is -1.82. The summed E-state index contributed by atoms with van der Waals surface area (Å²) in [5.41, 5.74) is 1.61. The minimum atomic E-state index is -0.0643. The van der Waals surface area contributed by atoms with Gasteiger partial charge in [0.15, 0.2) is 0 Å². The first-order valence-corrected chi connectivity index (χ1v) is 7.94. The third kappa shape index (κ3) is 6.53. The quantitative estimate of drug-likeness (QED) is 0.804. The van der Waals surface area contributed by atoms with E-state index >= 15 is 0 Å². The van der Waals surface area contributed by atoms with Crippen LogP contribution < -0.4 is 15.4 Å². The van der Waals surface area contributed by atoms with Crippen LogP contribution in [0.15, 0.2) is 48.8 Å². The topological polar surface area (TPSA) is 63.2 Å². The predicted molar refractivity (Wildman–Crippen MR) is 103 cm³/mol. The molecule has 1 unspecified atom stereocenters. The van der Waals surface area contributed by atoms with Crippen molar-refractivity contribution >= 4 is 30.7 Å². The monoisotopic (exact) mass is 383 g/mol. The fourth-order valence-electron chi connectivity index (χ4n) is 2.63. The molecule has 1 aromatic carbocycles. The Balaban J connectivity index is 0.00000156. The zero-order chi connectivity index (χ0) is 15.9. The van der Waals surface area contributed by atoms with Crippen molar-refractivity contribution in [1.82, 2.24) is 15.6 Å². The summed E-state index contributed by atoms with van der Waals surface area (Å²) in [6.45, 7) is 2.14. The fourth-order valence-corrected chi connectivity index (χ4v) is 2.63. The van der Waals surface area contributed by atoms with Crippen molar-refractivity contribution in [2.75, 3.05) is 13.1 Å². The van der Waals surface area contributed by atoms with Gasteiger partial charge in [0.2, 0.25) is 0 Å². The summed E-state index contributed by atoms with van der Waals surface area (Å²) in [4.78, 5) is 16.3. The molecule has 1 atom stereocenters. The molecule has 0 saturated carbocycles. The Morgan fingerprint density at radius 2 is 2.16 bits per heavy atom. The zero-order valence-electron chi connectivity index (χ0n) is 13.8. The molecule has 0 spiro atoms. The summed E-state index contributed by atoms with van der Waals surface area (Å²) >= 11 is 0. The van der Waals surface area contributed by atoms with Crippen molar-refractivity contribution in [3.8, 4) is 5.75 Å². The van der Waals surface area contributed by atoms with Crippen LogP contribution in [0.1, 0.15) is 28.8 Å². The van der Waals surface area contributed by atoms with Crippen LogP contribution >= 0.6 is 24.8 Å². The highest BCUT2D eigenvalue weighted by Gasteiger charge is 2.15. The normalized spacial score (nSPS) is 15.6. The first kappa shape index (κ1) is 21.2. The second kappa shape index (κ2) is 10.9. The van der Waals surface area contributed by atoms with Gasteiger partial charge < -0.3 is 15.4 Å². The van der Waals surface area contributed by atoms with Gasteiger partial charge in [-0.2, -0.15) is 0 Å². The number of halogens is 2. The van der Waals surface area contributed by atoms with Gasteiger partial charge in [0.25, 0.3) is 5.91 Å². The molecule has 2 heterocycles. The number of hydrogen-bond acceptors (Lipinski definition) is 4.